The normalized spacial score (nSPS) is 16.5. The van der Waals surface area contributed by atoms with Gasteiger partial charge in [-0.2, -0.15) is 0 Å². The lowest BCUT2D eigenvalue weighted by molar-refractivity contribution is -0.126. The van der Waals surface area contributed by atoms with E-state index in [4.69, 9.17) is 0 Å². The van der Waals surface area contributed by atoms with Gasteiger partial charge in [-0.3, -0.25) is 9.59 Å². The van der Waals surface area contributed by atoms with E-state index in [2.05, 4.69) is 29.4 Å². The zero-order chi connectivity index (χ0) is 21.3. The predicted molar refractivity (Wildman–Crippen MR) is 122 cm³/mol. The van der Waals surface area contributed by atoms with Gasteiger partial charge < -0.3 is 10.2 Å². The molecule has 0 radical (unpaired) electrons. The van der Waals surface area contributed by atoms with Gasteiger partial charge in [-0.1, -0.05) is 56.5 Å². The molecule has 1 unspecified atom stereocenters. The van der Waals surface area contributed by atoms with Crippen molar-refractivity contribution in [3.8, 4) is 0 Å². The number of rotatable bonds is 9. The van der Waals surface area contributed by atoms with Crippen molar-refractivity contribution in [1.29, 1.82) is 0 Å². The van der Waals surface area contributed by atoms with Crippen molar-refractivity contribution >= 4 is 23.2 Å². The number of carbonyl (C=O) groups excluding carboxylic acids is 2. The molecular weight excluding hydrogens is 394 g/mol. The number of amides is 2. The topological polar surface area (TPSA) is 62.3 Å². The van der Waals surface area contributed by atoms with Crippen LogP contribution >= 0.6 is 11.3 Å². The first-order valence-corrected chi connectivity index (χ1v) is 12.0. The number of thiazole rings is 1. The quantitative estimate of drug-likeness (QED) is 0.595. The molecule has 2 amide bonds. The Morgan fingerprint density at radius 1 is 1.20 bits per heavy atom. The van der Waals surface area contributed by atoms with Crippen LogP contribution < -0.4 is 5.32 Å². The van der Waals surface area contributed by atoms with Gasteiger partial charge >= 0.3 is 0 Å². The van der Waals surface area contributed by atoms with Crippen LogP contribution in [0, 0.1) is 12.8 Å². The van der Waals surface area contributed by atoms with E-state index in [9.17, 15) is 9.59 Å². The lowest BCUT2D eigenvalue weighted by Gasteiger charge is -2.31. The molecule has 162 valence electrons. The largest absolute Gasteiger partial charge is 0.356 e. The number of piperidine rings is 1. The average molecular weight is 428 g/mol. The Morgan fingerprint density at radius 2 is 2.00 bits per heavy atom. The molecule has 6 heteroatoms. The van der Waals surface area contributed by atoms with Crippen LogP contribution in [0.4, 0.5) is 0 Å². The standard InChI is InChI=1S/C24H33N3O2S/c1-3-4-5-9-14-25-23(28)20-13-10-15-27(17-20)24(29)22-18(2)26-21(30-22)16-19-11-7-6-8-12-19/h6-8,11-12,20H,3-5,9-10,13-17H2,1-2H3,(H,25,28). The summed E-state index contributed by atoms with van der Waals surface area (Å²) in [5, 5.41) is 4.03. The number of aryl methyl sites for hydroxylation is 1. The van der Waals surface area contributed by atoms with Gasteiger partial charge in [0.1, 0.15) is 4.88 Å². The number of benzene rings is 1. The van der Waals surface area contributed by atoms with Crippen molar-refractivity contribution in [2.75, 3.05) is 19.6 Å². The van der Waals surface area contributed by atoms with E-state index in [1.807, 2.05) is 30.0 Å². The molecule has 3 rings (SSSR count). The van der Waals surface area contributed by atoms with Gasteiger partial charge in [0, 0.05) is 26.1 Å². The fourth-order valence-corrected chi connectivity index (χ4v) is 4.99. The van der Waals surface area contributed by atoms with Crippen molar-refractivity contribution in [3.05, 3.63) is 51.5 Å². The Morgan fingerprint density at radius 3 is 2.77 bits per heavy atom. The maximum atomic E-state index is 13.2. The van der Waals surface area contributed by atoms with E-state index in [0.717, 1.165) is 49.4 Å². The van der Waals surface area contributed by atoms with Gasteiger partial charge in [0.05, 0.1) is 16.6 Å². The lowest BCUT2D eigenvalue weighted by Crippen LogP contribution is -2.45. The maximum absolute atomic E-state index is 13.2. The number of hydrogen-bond donors (Lipinski definition) is 1. The molecule has 0 spiro atoms. The summed E-state index contributed by atoms with van der Waals surface area (Å²) in [5.74, 6) is 0.00504. The maximum Gasteiger partial charge on any atom is 0.265 e. The van der Waals surface area contributed by atoms with Gasteiger partial charge in [0.15, 0.2) is 0 Å². The summed E-state index contributed by atoms with van der Waals surface area (Å²) in [6, 6.07) is 10.2. The van der Waals surface area contributed by atoms with Gasteiger partial charge in [-0.15, -0.1) is 11.3 Å². The molecule has 0 saturated carbocycles. The second-order valence-electron chi connectivity index (χ2n) is 8.13. The number of carbonyl (C=O) groups is 2. The third-order valence-corrected chi connectivity index (χ3v) is 6.79. The highest BCUT2D eigenvalue weighted by atomic mass is 32.1. The summed E-state index contributed by atoms with van der Waals surface area (Å²) >= 11 is 1.48. The third kappa shape index (κ3) is 6.14. The Labute approximate surface area is 183 Å². The predicted octanol–water partition coefficient (Wildman–Crippen LogP) is 4.59. The van der Waals surface area contributed by atoms with Crippen LogP contribution in [0.25, 0.3) is 0 Å². The van der Waals surface area contributed by atoms with E-state index >= 15 is 0 Å². The first-order chi connectivity index (χ1) is 14.6. The number of likely N-dealkylation sites (tertiary alicyclic amines) is 1. The second kappa shape index (κ2) is 11.3. The molecule has 1 aromatic carbocycles. The van der Waals surface area contributed by atoms with E-state index in [1.54, 1.807) is 0 Å². The summed E-state index contributed by atoms with van der Waals surface area (Å²) in [7, 11) is 0. The van der Waals surface area contributed by atoms with Crippen molar-refractivity contribution in [1.82, 2.24) is 15.2 Å². The van der Waals surface area contributed by atoms with Gasteiger partial charge in [-0.25, -0.2) is 4.98 Å². The highest BCUT2D eigenvalue weighted by Crippen LogP contribution is 2.25. The zero-order valence-corrected chi connectivity index (χ0v) is 19.0. The highest BCUT2D eigenvalue weighted by molar-refractivity contribution is 7.13. The van der Waals surface area contributed by atoms with E-state index in [0.29, 0.717) is 18.0 Å². The summed E-state index contributed by atoms with van der Waals surface area (Å²) in [6.45, 7) is 6.04. The summed E-state index contributed by atoms with van der Waals surface area (Å²) in [4.78, 5) is 32.9. The molecule has 30 heavy (non-hydrogen) atoms. The average Bonchev–Trinajstić information content (AvgIpc) is 3.13. The molecule has 1 saturated heterocycles. The van der Waals surface area contributed by atoms with Gasteiger partial charge in [0.2, 0.25) is 5.91 Å². The summed E-state index contributed by atoms with van der Waals surface area (Å²) < 4.78 is 0. The van der Waals surface area contributed by atoms with Crippen LogP contribution in [0.2, 0.25) is 0 Å². The SMILES string of the molecule is CCCCCCNC(=O)C1CCCN(C(=O)c2sc(Cc3ccccc3)nc2C)C1. The van der Waals surface area contributed by atoms with Crippen molar-refractivity contribution in [2.45, 2.75) is 58.8 Å². The first-order valence-electron chi connectivity index (χ1n) is 11.2. The fourth-order valence-electron chi connectivity index (χ4n) is 3.92. The number of aromatic nitrogens is 1. The van der Waals surface area contributed by atoms with Crippen LogP contribution in [0.3, 0.4) is 0 Å². The zero-order valence-electron chi connectivity index (χ0n) is 18.2. The van der Waals surface area contributed by atoms with E-state index in [-0.39, 0.29) is 17.7 Å². The number of nitrogens with one attached hydrogen (secondary N) is 1. The van der Waals surface area contributed by atoms with Crippen molar-refractivity contribution < 1.29 is 9.59 Å². The monoisotopic (exact) mass is 427 g/mol. The molecule has 5 nitrogen and oxygen atoms in total. The second-order valence-corrected chi connectivity index (χ2v) is 9.21. The molecule has 0 bridgehead atoms. The fraction of sp³-hybridized carbons (Fsp3) is 0.542. The number of hydrogen-bond acceptors (Lipinski definition) is 4. The first kappa shape index (κ1) is 22.5. The Bertz CT molecular complexity index is 834. The molecule has 1 aromatic heterocycles. The van der Waals surface area contributed by atoms with Crippen LogP contribution in [0.1, 0.15) is 71.4 Å². The highest BCUT2D eigenvalue weighted by Gasteiger charge is 2.30. The van der Waals surface area contributed by atoms with E-state index < -0.39 is 0 Å². The minimum absolute atomic E-state index is 0.0183. The molecule has 0 aliphatic carbocycles. The van der Waals surface area contributed by atoms with Crippen LogP contribution in [-0.4, -0.2) is 41.3 Å². The molecule has 1 aliphatic rings. The van der Waals surface area contributed by atoms with Crippen LogP contribution in [0.15, 0.2) is 30.3 Å². The van der Waals surface area contributed by atoms with Gasteiger partial charge in [0.25, 0.3) is 5.91 Å². The molecule has 1 atom stereocenters. The van der Waals surface area contributed by atoms with Gasteiger partial charge in [-0.05, 0) is 31.7 Å². The molecular formula is C24H33N3O2S. The van der Waals surface area contributed by atoms with E-state index in [1.165, 1.54) is 29.7 Å². The molecule has 2 heterocycles. The minimum atomic E-state index is -0.106. The number of nitrogens with zero attached hydrogens (tertiary/aromatic N) is 2. The number of unbranched alkanes of at least 4 members (excludes halogenated alkanes) is 3. The molecule has 1 fully saturated rings. The third-order valence-electron chi connectivity index (χ3n) is 5.64. The Kier molecular flexibility index (Phi) is 8.43. The molecule has 1 N–H and O–H groups in total. The summed E-state index contributed by atoms with van der Waals surface area (Å²) in [5.41, 5.74) is 1.98. The molecule has 1 aliphatic heterocycles. The smallest absolute Gasteiger partial charge is 0.265 e. The van der Waals surface area contributed by atoms with Crippen LogP contribution in [-0.2, 0) is 11.2 Å². The van der Waals surface area contributed by atoms with Crippen LogP contribution in [0.5, 0.6) is 0 Å². The van der Waals surface area contributed by atoms with Crippen molar-refractivity contribution in [3.63, 3.8) is 0 Å². The summed E-state index contributed by atoms with van der Waals surface area (Å²) in [6.07, 6.45) is 7.05. The lowest BCUT2D eigenvalue weighted by atomic mass is 9.97. The Balaban J connectivity index is 1.56. The molecule has 2 aromatic rings. The Hall–Kier alpha value is -2.21. The minimum Gasteiger partial charge on any atom is -0.356 e. The van der Waals surface area contributed by atoms with Crippen molar-refractivity contribution in [2.24, 2.45) is 5.92 Å².